The normalized spacial score (nSPS) is 17.7. The summed E-state index contributed by atoms with van der Waals surface area (Å²) in [5.74, 6) is -2.13. The Hall–Kier alpha value is -2.96. The molecule has 0 saturated heterocycles. The topological polar surface area (TPSA) is 109 Å². The standard InChI is InChI=1S/C17H14F8N6O3S2/c1-7-3-4-8-5-9(10(6-11(8)31(7)2)30-36(33)17(23,24)25)26-28-14-29-27-12(35-14)13(32)34-16(21,22)15(18,19)20/h5-7,30H,3-4H2,1-2H3. The van der Waals surface area contributed by atoms with Crippen LogP contribution < -0.4 is 9.62 Å². The maximum Gasteiger partial charge on any atom is 0.501 e. The minimum Gasteiger partial charge on any atom is -0.388 e. The van der Waals surface area contributed by atoms with Crippen molar-refractivity contribution in [3.05, 3.63) is 22.7 Å². The van der Waals surface area contributed by atoms with Gasteiger partial charge in [0, 0.05) is 18.8 Å². The summed E-state index contributed by atoms with van der Waals surface area (Å²) < 4.78 is 117. The van der Waals surface area contributed by atoms with Gasteiger partial charge in [-0.15, -0.1) is 20.4 Å². The Morgan fingerprint density at radius 3 is 2.44 bits per heavy atom. The SMILES string of the molecule is CC1CCc2cc(N=Nc3nnc(C(=O)OC(F)(F)C(F)(F)F)s3)c(NS(=O)C(F)(F)F)cc2N1C. The molecular weight excluding hydrogens is 552 g/mol. The molecule has 198 valence electrons. The van der Waals surface area contributed by atoms with Crippen molar-refractivity contribution in [1.29, 1.82) is 0 Å². The van der Waals surface area contributed by atoms with E-state index < -0.39 is 44.9 Å². The predicted octanol–water partition coefficient (Wildman–Crippen LogP) is 5.63. The van der Waals surface area contributed by atoms with Crippen molar-refractivity contribution in [2.24, 2.45) is 10.2 Å². The van der Waals surface area contributed by atoms with Gasteiger partial charge in [-0.1, -0.05) is 11.3 Å². The second kappa shape index (κ2) is 9.83. The minimum atomic E-state index is -6.16. The summed E-state index contributed by atoms with van der Waals surface area (Å²) in [4.78, 5) is 13.4. The number of azo groups is 1. The Morgan fingerprint density at radius 2 is 1.83 bits per heavy atom. The molecule has 0 amide bonds. The number of fused-ring (bicyclic) bond motifs is 1. The molecule has 19 heteroatoms. The second-order valence-corrected chi connectivity index (χ2v) is 9.47. The summed E-state index contributed by atoms with van der Waals surface area (Å²) in [7, 11) is -1.79. The van der Waals surface area contributed by atoms with E-state index >= 15 is 0 Å². The van der Waals surface area contributed by atoms with Crippen molar-refractivity contribution >= 4 is 50.5 Å². The fraction of sp³-hybridized carbons (Fsp3) is 0.471. The Labute approximate surface area is 203 Å². The molecule has 9 nitrogen and oxygen atoms in total. The number of benzene rings is 1. The Kier molecular flexibility index (Phi) is 7.54. The van der Waals surface area contributed by atoms with Gasteiger partial charge in [0.05, 0.1) is 5.69 Å². The molecule has 1 aromatic heterocycles. The van der Waals surface area contributed by atoms with Crippen molar-refractivity contribution in [1.82, 2.24) is 10.2 Å². The molecule has 1 aliphatic heterocycles. The van der Waals surface area contributed by atoms with Crippen LogP contribution >= 0.6 is 11.3 Å². The second-order valence-electron chi connectivity index (χ2n) is 7.31. The van der Waals surface area contributed by atoms with Crippen LogP contribution in [0, 0.1) is 0 Å². The molecule has 0 aliphatic carbocycles. The van der Waals surface area contributed by atoms with E-state index in [9.17, 15) is 44.1 Å². The van der Waals surface area contributed by atoms with Gasteiger partial charge in [-0.25, -0.2) is 9.00 Å². The van der Waals surface area contributed by atoms with Crippen molar-refractivity contribution < 1.29 is 48.9 Å². The lowest BCUT2D eigenvalue weighted by molar-refractivity contribution is -0.370. The van der Waals surface area contributed by atoms with Crippen LogP contribution in [0.15, 0.2) is 22.4 Å². The van der Waals surface area contributed by atoms with Gasteiger partial charge in [0.1, 0.15) is 5.69 Å². The van der Waals surface area contributed by atoms with Crippen molar-refractivity contribution in [3.8, 4) is 0 Å². The fourth-order valence-corrected chi connectivity index (χ4v) is 3.94. The van der Waals surface area contributed by atoms with Crippen molar-refractivity contribution in [2.75, 3.05) is 16.7 Å². The van der Waals surface area contributed by atoms with Crippen LogP contribution in [-0.2, 0) is 22.1 Å². The maximum absolute atomic E-state index is 12.9. The smallest absolute Gasteiger partial charge is 0.388 e. The highest BCUT2D eigenvalue weighted by atomic mass is 32.2. The Bertz CT molecular complexity index is 1200. The molecule has 1 N–H and O–H groups in total. The van der Waals surface area contributed by atoms with E-state index in [1.165, 1.54) is 12.1 Å². The summed E-state index contributed by atoms with van der Waals surface area (Å²) >= 11 is 0.139. The van der Waals surface area contributed by atoms with Gasteiger partial charge in [-0.05, 0) is 37.5 Å². The number of anilines is 2. The number of ether oxygens (including phenoxy) is 1. The highest BCUT2D eigenvalue weighted by Gasteiger charge is 2.62. The predicted molar refractivity (Wildman–Crippen MR) is 111 cm³/mol. The number of nitrogens with one attached hydrogen (secondary N) is 1. The van der Waals surface area contributed by atoms with Gasteiger partial charge < -0.3 is 9.64 Å². The average molecular weight is 566 g/mol. The first-order valence-corrected chi connectivity index (χ1v) is 11.5. The van der Waals surface area contributed by atoms with Gasteiger partial charge in [0.25, 0.3) is 5.13 Å². The molecule has 2 aromatic rings. The Morgan fingerprint density at radius 1 is 1.17 bits per heavy atom. The number of halogens is 8. The molecule has 3 rings (SSSR count). The van der Waals surface area contributed by atoms with Crippen LogP contribution in [-0.4, -0.2) is 51.3 Å². The van der Waals surface area contributed by atoms with Gasteiger partial charge in [-0.2, -0.15) is 35.1 Å². The molecule has 0 bridgehead atoms. The largest absolute Gasteiger partial charge is 0.501 e. The van der Waals surface area contributed by atoms with Crippen LogP contribution in [0.3, 0.4) is 0 Å². The highest BCUT2D eigenvalue weighted by Crippen LogP contribution is 2.40. The monoisotopic (exact) mass is 566 g/mol. The van der Waals surface area contributed by atoms with E-state index in [0.717, 1.165) is 0 Å². The van der Waals surface area contributed by atoms with E-state index in [-0.39, 0.29) is 28.8 Å². The number of hydrogen-bond acceptors (Lipinski definition) is 9. The number of aromatic nitrogens is 2. The zero-order chi connectivity index (χ0) is 27.1. The van der Waals surface area contributed by atoms with Crippen LogP contribution in [0.4, 0.5) is 57.3 Å². The summed E-state index contributed by atoms with van der Waals surface area (Å²) in [5.41, 5.74) is -4.39. The number of nitrogens with zero attached hydrogens (tertiary/aromatic N) is 5. The highest BCUT2D eigenvalue weighted by molar-refractivity contribution is 7.87. The van der Waals surface area contributed by atoms with Gasteiger partial charge in [-0.3, -0.25) is 4.72 Å². The van der Waals surface area contributed by atoms with Gasteiger partial charge in [0.15, 0.2) is 0 Å². The molecule has 2 unspecified atom stereocenters. The molecule has 0 fully saturated rings. The van der Waals surface area contributed by atoms with Crippen LogP contribution in [0.25, 0.3) is 0 Å². The zero-order valence-corrected chi connectivity index (χ0v) is 19.6. The summed E-state index contributed by atoms with van der Waals surface area (Å²) in [6.45, 7) is 1.90. The summed E-state index contributed by atoms with van der Waals surface area (Å²) in [6.07, 6.45) is -10.7. The van der Waals surface area contributed by atoms with Crippen LogP contribution in [0.5, 0.6) is 0 Å². The van der Waals surface area contributed by atoms with E-state index in [2.05, 4.69) is 25.2 Å². The summed E-state index contributed by atoms with van der Waals surface area (Å²) in [6, 6.07) is 2.75. The molecule has 1 aromatic carbocycles. The first-order chi connectivity index (χ1) is 16.5. The van der Waals surface area contributed by atoms with Crippen molar-refractivity contribution in [2.45, 2.75) is 43.6 Å². The quantitative estimate of drug-likeness (QED) is 0.276. The lowest BCUT2D eigenvalue weighted by Gasteiger charge is -2.34. The van der Waals surface area contributed by atoms with Crippen molar-refractivity contribution in [3.63, 3.8) is 0 Å². The van der Waals surface area contributed by atoms with Crippen LogP contribution in [0.1, 0.15) is 28.7 Å². The molecule has 2 atom stereocenters. The van der Waals surface area contributed by atoms with Crippen LogP contribution in [0.2, 0.25) is 0 Å². The van der Waals surface area contributed by atoms with Gasteiger partial charge >= 0.3 is 23.8 Å². The van der Waals surface area contributed by atoms with E-state index in [1.54, 1.807) is 16.7 Å². The third-order valence-electron chi connectivity index (χ3n) is 4.87. The molecule has 36 heavy (non-hydrogen) atoms. The average Bonchev–Trinajstić information content (AvgIpc) is 3.23. The summed E-state index contributed by atoms with van der Waals surface area (Å²) in [5, 5.41) is 12.2. The number of rotatable bonds is 6. The first-order valence-electron chi connectivity index (χ1n) is 9.57. The number of alkyl halides is 8. The van der Waals surface area contributed by atoms with Gasteiger partial charge in [0.2, 0.25) is 16.0 Å². The zero-order valence-electron chi connectivity index (χ0n) is 17.9. The lowest BCUT2D eigenvalue weighted by Crippen LogP contribution is -2.40. The third-order valence-corrected chi connectivity index (χ3v) is 6.48. The maximum atomic E-state index is 12.9. The molecule has 1 aliphatic rings. The molecule has 0 radical (unpaired) electrons. The lowest BCUT2D eigenvalue weighted by atomic mass is 9.96. The number of hydrogen-bond donors (Lipinski definition) is 1. The number of carbonyl (C=O) groups excluding carboxylic acids is 1. The molecule has 0 spiro atoms. The fourth-order valence-electron chi connectivity index (χ4n) is 2.92. The number of esters is 1. The number of aryl methyl sites for hydroxylation is 1. The van der Waals surface area contributed by atoms with E-state index in [4.69, 9.17) is 0 Å². The molecule has 2 heterocycles. The third kappa shape index (κ3) is 6.05. The van der Waals surface area contributed by atoms with E-state index in [0.29, 0.717) is 24.1 Å². The minimum absolute atomic E-state index is 0.0650. The Balaban J connectivity index is 1.89. The van der Waals surface area contributed by atoms with E-state index in [1.807, 2.05) is 6.92 Å². The molecular formula is C17H14F8N6O3S2. The number of carbonyl (C=O) groups is 1. The molecule has 0 saturated carbocycles. The first kappa shape index (κ1) is 27.6.